The smallest absolute Gasteiger partial charge is 0.248 e. The molecule has 0 bridgehead atoms. The molecule has 78 valence electrons. The Labute approximate surface area is 95.1 Å². The van der Waals surface area contributed by atoms with E-state index in [4.69, 9.17) is 0 Å². The van der Waals surface area contributed by atoms with E-state index in [1.165, 1.54) is 10.9 Å². The molecule has 0 aliphatic carbocycles. The minimum absolute atomic E-state index is 0.234. The van der Waals surface area contributed by atoms with Gasteiger partial charge in [-0.3, -0.25) is 0 Å². The molecule has 0 atom stereocenters. The van der Waals surface area contributed by atoms with Gasteiger partial charge in [-0.1, -0.05) is 6.07 Å². The molecule has 0 aliphatic rings. The summed E-state index contributed by atoms with van der Waals surface area (Å²) in [7, 11) is 0. The van der Waals surface area contributed by atoms with Crippen molar-refractivity contribution in [2.24, 2.45) is 0 Å². The molecule has 0 radical (unpaired) electrons. The SMILES string of the molecule is Cc1cc(C)c(-n2cn[nH]c2=O)c(Br)c1. The minimum Gasteiger partial charge on any atom is -0.248 e. The van der Waals surface area contributed by atoms with Crippen molar-refractivity contribution in [1.82, 2.24) is 14.8 Å². The Bertz CT molecular complexity index is 533. The maximum Gasteiger partial charge on any atom is 0.347 e. The lowest BCUT2D eigenvalue weighted by Gasteiger charge is -2.08. The van der Waals surface area contributed by atoms with Crippen molar-refractivity contribution in [3.05, 3.63) is 44.5 Å². The van der Waals surface area contributed by atoms with Gasteiger partial charge in [-0.05, 0) is 47.0 Å². The Morgan fingerprint density at radius 1 is 1.40 bits per heavy atom. The highest BCUT2D eigenvalue weighted by molar-refractivity contribution is 9.10. The van der Waals surface area contributed by atoms with E-state index in [1.807, 2.05) is 26.0 Å². The van der Waals surface area contributed by atoms with E-state index in [9.17, 15) is 4.79 Å². The number of hydrogen-bond acceptors (Lipinski definition) is 2. The molecule has 0 fully saturated rings. The number of aromatic amines is 1. The molecular formula is C10H10BrN3O. The van der Waals surface area contributed by atoms with Crippen molar-refractivity contribution < 1.29 is 0 Å². The van der Waals surface area contributed by atoms with Crippen molar-refractivity contribution >= 4 is 15.9 Å². The van der Waals surface area contributed by atoms with E-state index in [0.29, 0.717) is 0 Å². The molecule has 1 N–H and O–H groups in total. The summed E-state index contributed by atoms with van der Waals surface area (Å²) in [6, 6.07) is 4.00. The van der Waals surface area contributed by atoms with Crippen LogP contribution < -0.4 is 5.69 Å². The number of rotatable bonds is 1. The first kappa shape index (κ1) is 10.2. The van der Waals surface area contributed by atoms with E-state index >= 15 is 0 Å². The van der Waals surface area contributed by atoms with Gasteiger partial charge in [0.1, 0.15) is 6.33 Å². The van der Waals surface area contributed by atoms with Crippen LogP contribution in [0.4, 0.5) is 0 Å². The fraction of sp³-hybridized carbons (Fsp3) is 0.200. The number of aromatic nitrogens is 3. The molecule has 2 aromatic rings. The van der Waals surface area contributed by atoms with E-state index in [0.717, 1.165) is 21.3 Å². The highest BCUT2D eigenvalue weighted by atomic mass is 79.9. The molecular weight excluding hydrogens is 258 g/mol. The van der Waals surface area contributed by atoms with Crippen LogP contribution in [0.1, 0.15) is 11.1 Å². The second-order valence-electron chi connectivity index (χ2n) is 3.44. The molecule has 1 aromatic heterocycles. The van der Waals surface area contributed by atoms with Crippen LogP contribution in [-0.4, -0.2) is 14.8 Å². The molecule has 4 nitrogen and oxygen atoms in total. The molecule has 0 saturated heterocycles. The number of halogens is 1. The quantitative estimate of drug-likeness (QED) is 0.859. The third kappa shape index (κ3) is 1.74. The minimum atomic E-state index is -0.234. The van der Waals surface area contributed by atoms with Gasteiger partial charge in [0.15, 0.2) is 0 Å². The lowest BCUT2D eigenvalue weighted by atomic mass is 10.1. The predicted octanol–water partition coefficient (Wildman–Crippen LogP) is 1.94. The van der Waals surface area contributed by atoms with Crippen molar-refractivity contribution in [2.45, 2.75) is 13.8 Å². The lowest BCUT2D eigenvalue weighted by Crippen LogP contribution is -2.15. The van der Waals surface area contributed by atoms with Crippen molar-refractivity contribution in [1.29, 1.82) is 0 Å². The van der Waals surface area contributed by atoms with Gasteiger partial charge in [0.25, 0.3) is 0 Å². The van der Waals surface area contributed by atoms with Crippen LogP contribution in [0.5, 0.6) is 0 Å². The fourth-order valence-electron chi connectivity index (χ4n) is 1.62. The summed E-state index contributed by atoms with van der Waals surface area (Å²) >= 11 is 3.45. The van der Waals surface area contributed by atoms with Crippen LogP contribution in [0, 0.1) is 13.8 Å². The summed E-state index contributed by atoms with van der Waals surface area (Å²) in [5.41, 5.74) is 2.78. The van der Waals surface area contributed by atoms with Crippen LogP contribution in [-0.2, 0) is 0 Å². The summed E-state index contributed by atoms with van der Waals surface area (Å²) in [4.78, 5) is 11.4. The Kier molecular flexibility index (Phi) is 2.48. The van der Waals surface area contributed by atoms with Gasteiger partial charge in [-0.2, -0.15) is 5.10 Å². The van der Waals surface area contributed by atoms with Crippen LogP contribution in [0.2, 0.25) is 0 Å². The van der Waals surface area contributed by atoms with Crippen LogP contribution in [0.3, 0.4) is 0 Å². The average Bonchev–Trinajstić information content (AvgIpc) is 2.50. The predicted molar refractivity (Wildman–Crippen MR) is 61.4 cm³/mol. The summed E-state index contributed by atoms with van der Waals surface area (Å²) in [5.74, 6) is 0. The van der Waals surface area contributed by atoms with Crippen LogP contribution in [0.15, 0.2) is 27.7 Å². The zero-order valence-electron chi connectivity index (χ0n) is 8.41. The Morgan fingerprint density at radius 3 is 2.67 bits per heavy atom. The molecule has 1 heterocycles. The summed E-state index contributed by atoms with van der Waals surface area (Å²) in [5, 5.41) is 6.08. The maximum absolute atomic E-state index is 11.4. The highest BCUT2D eigenvalue weighted by Gasteiger charge is 2.09. The number of H-pyrrole nitrogens is 1. The first-order chi connectivity index (χ1) is 7.09. The zero-order chi connectivity index (χ0) is 11.0. The second-order valence-corrected chi connectivity index (χ2v) is 4.30. The van der Waals surface area contributed by atoms with Gasteiger partial charge >= 0.3 is 5.69 Å². The largest absolute Gasteiger partial charge is 0.347 e. The van der Waals surface area contributed by atoms with Gasteiger partial charge in [-0.25, -0.2) is 14.5 Å². The molecule has 0 aliphatic heterocycles. The van der Waals surface area contributed by atoms with Crippen molar-refractivity contribution in [3.63, 3.8) is 0 Å². The zero-order valence-corrected chi connectivity index (χ0v) is 10.00. The second kappa shape index (κ2) is 3.66. The molecule has 0 amide bonds. The van der Waals surface area contributed by atoms with Gasteiger partial charge in [-0.15, -0.1) is 0 Å². The van der Waals surface area contributed by atoms with Gasteiger partial charge in [0, 0.05) is 4.47 Å². The Morgan fingerprint density at radius 2 is 2.13 bits per heavy atom. The molecule has 2 rings (SSSR count). The van der Waals surface area contributed by atoms with Gasteiger partial charge in [0.05, 0.1) is 5.69 Å². The number of hydrogen-bond donors (Lipinski definition) is 1. The molecule has 15 heavy (non-hydrogen) atoms. The topological polar surface area (TPSA) is 50.7 Å². The summed E-state index contributed by atoms with van der Waals surface area (Å²) < 4.78 is 2.38. The van der Waals surface area contributed by atoms with E-state index in [2.05, 4.69) is 26.1 Å². The number of aryl methyl sites for hydroxylation is 2. The average molecular weight is 268 g/mol. The van der Waals surface area contributed by atoms with Crippen molar-refractivity contribution in [2.75, 3.05) is 0 Å². The number of nitrogens with zero attached hydrogens (tertiary/aromatic N) is 2. The summed E-state index contributed by atoms with van der Waals surface area (Å²) in [6.07, 6.45) is 1.48. The first-order valence-electron chi connectivity index (χ1n) is 4.49. The van der Waals surface area contributed by atoms with E-state index in [1.54, 1.807) is 0 Å². The van der Waals surface area contributed by atoms with Gasteiger partial charge in [0.2, 0.25) is 0 Å². The highest BCUT2D eigenvalue weighted by Crippen LogP contribution is 2.24. The molecule has 0 saturated carbocycles. The Balaban J connectivity index is 2.74. The third-order valence-corrected chi connectivity index (χ3v) is 2.80. The standard InChI is InChI=1S/C10H10BrN3O/c1-6-3-7(2)9(8(11)4-6)14-5-12-13-10(14)15/h3-5H,1-2H3,(H,13,15). The summed E-state index contributed by atoms with van der Waals surface area (Å²) in [6.45, 7) is 3.98. The lowest BCUT2D eigenvalue weighted by molar-refractivity contribution is 0.965. The maximum atomic E-state index is 11.4. The normalized spacial score (nSPS) is 10.6. The molecule has 0 unspecified atom stereocenters. The Hall–Kier alpha value is -1.36. The van der Waals surface area contributed by atoms with E-state index in [-0.39, 0.29) is 5.69 Å². The first-order valence-corrected chi connectivity index (χ1v) is 5.28. The third-order valence-electron chi connectivity index (χ3n) is 2.19. The fourth-order valence-corrected chi connectivity index (χ4v) is 2.49. The van der Waals surface area contributed by atoms with Crippen LogP contribution in [0.25, 0.3) is 5.69 Å². The monoisotopic (exact) mass is 267 g/mol. The molecule has 0 spiro atoms. The molecule has 1 aromatic carbocycles. The van der Waals surface area contributed by atoms with Crippen molar-refractivity contribution in [3.8, 4) is 5.69 Å². The van der Waals surface area contributed by atoms with Crippen LogP contribution >= 0.6 is 15.9 Å². The number of nitrogens with one attached hydrogen (secondary N) is 1. The van der Waals surface area contributed by atoms with E-state index < -0.39 is 0 Å². The number of benzene rings is 1. The molecule has 5 heteroatoms. The van der Waals surface area contributed by atoms with Gasteiger partial charge < -0.3 is 0 Å².